The molecule has 0 spiro atoms. The summed E-state index contributed by atoms with van der Waals surface area (Å²) in [6.07, 6.45) is 0.673. The van der Waals surface area contributed by atoms with Gasteiger partial charge in [0.2, 0.25) is 20.0 Å². The van der Waals surface area contributed by atoms with E-state index in [-0.39, 0.29) is 22.3 Å². The maximum Gasteiger partial charge on any atom is 0.243 e. The minimum absolute atomic E-state index is 0.102. The topological polar surface area (TPSA) is 110 Å². The van der Waals surface area contributed by atoms with Gasteiger partial charge in [-0.2, -0.15) is 4.31 Å². The van der Waals surface area contributed by atoms with Crippen LogP contribution < -0.4 is 10.5 Å². The second-order valence-electron chi connectivity index (χ2n) is 5.40. The molecule has 1 aromatic carbocycles. The van der Waals surface area contributed by atoms with E-state index in [1.807, 2.05) is 0 Å². The molecule has 0 amide bonds. The molecule has 0 saturated carbocycles. The van der Waals surface area contributed by atoms with E-state index in [2.05, 4.69) is 4.72 Å². The van der Waals surface area contributed by atoms with Crippen LogP contribution in [0, 0.1) is 11.7 Å². The molecule has 1 aliphatic rings. The van der Waals surface area contributed by atoms with E-state index in [4.69, 9.17) is 5.73 Å². The third-order valence-electron chi connectivity index (χ3n) is 3.81. The molecule has 1 saturated heterocycles. The standard InChI is InChI=1S/C13H20FN3O4S2/c1-2-22(18,19)16-13-4-3-11(7-12(13)14)23(20,21)17-6-5-10(8-15)9-17/h3-4,7,10,16H,2,5-6,8-9,15H2,1H3. The van der Waals surface area contributed by atoms with Crippen LogP contribution in [0.3, 0.4) is 0 Å². The van der Waals surface area contributed by atoms with E-state index in [0.29, 0.717) is 26.1 Å². The molecule has 0 aromatic heterocycles. The highest BCUT2D eigenvalue weighted by atomic mass is 32.2. The molecule has 1 atom stereocenters. The summed E-state index contributed by atoms with van der Waals surface area (Å²) in [5.41, 5.74) is 5.28. The summed E-state index contributed by atoms with van der Waals surface area (Å²) < 4.78 is 65.3. The van der Waals surface area contributed by atoms with Crippen molar-refractivity contribution < 1.29 is 21.2 Å². The molecule has 1 aliphatic heterocycles. The minimum atomic E-state index is -3.81. The molecule has 130 valence electrons. The summed E-state index contributed by atoms with van der Waals surface area (Å²) >= 11 is 0. The first-order chi connectivity index (χ1) is 10.7. The van der Waals surface area contributed by atoms with Crippen LogP contribution in [-0.4, -0.2) is 46.5 Å². The third-order valence-corrected chi connectivity index (χ3v) is 6.96. The average molecular weight is 365 g/mol. The van der Waals surface area contributed by atoms with Crippen LogP contribution >= 0.6 is 0 Å². The van der Waals surface area contributed by atoms with Crippen molar-refractivity contribution in [1.29, 1.82) is 0 Å². The lowest BCUT2D eigenvalue weighted by Crippen LogP contribution is -2.30. The van der Waals surface area contributed by atoms with E-state index in [1.165, 1.54) is 17.3 Å². The van der Waals surface area contributed by atoms with Crippen molar-refractivity contribution in [3.63, 3.8) is 0 Å². The molecule has 10 heteroatoms. The normalized spacial score (nSPS) is 19.9. The first kappa shape index (κ1) is 18.1. The highest BCUT2D eigenvalue weighted by Gasteiger charge is 2.32. The monoisotopic (exact) mass is 365 g/mol. The zero-order chi connectivity index (χ0) is 17.3. The number of hydrogen-bond acceptors (Lipinski definition) is 5. The van der Waals surface area contributed by atoms with Crippen LogP contribution in [0.4, 0.5) is 10.1 Å². The van der Waals surface area contributed by atoms with Gasteiger partial charge in [0.05, 0.1) is 16.3 Å². The molecule has 23 heavy (non-hydrogen) atoms. The summed E-state index contributed by atoms with van der Waals surface area (Å²) in [6.45, 7) is 2.47. The van der Waals surface area contributed by atoms with Gasteiger partial charge in [0.25, 0.3) is 0 Å². The first-order valence-electron chi connectivity index (χ1n) is 7.20. The molecule has 0 aliphatic carbocycles. The number of anilines is 1. The maximum atomic E-state index is 14.0. The highest BCUT2D eigenvalue weighted by molar-refractivity contribution is 7.92. The number of halogens is 1. The van der Waals surface area contributed by atoms with Crippen molar-refractivity contribution in [2.75, 3.05) is 30.1 Å². The second-order valence-corrected chi connectivity index (χ2v) is 9.35. The predicted octanol–water partition coefficient (Wildman–Crippen LogP) is 0.557. The quantitative estimate of drug-likeness (QED) is 0.765. The summed E-state index contributed by atoms with van der Waals surface area (Å²) in [4.78, 5) is -0.202. The SMILES string of the molecule is CCS(=O)(=O)Nc1ccc(S(=O)(=O)N2CCC(CN)C2)cc1F. The Balaban J connectivity index is 2.26. The number of benzene rings is 1. The number of rotatable bonds is 6. The fraction of sp³-hybridized carbons (Fsp3) is 0.538. The van der Waals surface area contributed by atoms with E-state index in [1.54, 1.807) is 0 Å². The molecule has 1 heterocycles. The molecular weight excluding hydrogens is 345 g/mol. The van der Waals surface area contributed by atoms with Gasteiger partial charge in [-0.1, -0.05) is 0 Å². The Kier molecular flexibility index (Phi) is 5.29. The van der Waals surface area contributed by atoms with Crippen LogP contribution in [0.15, 0.2) is 23.1 Å². The fourth-order valence-electron chi connectivity index (χ4n) is 2.34. The molecular formula is C13H20FN3O4S2. The van der Waals surface area contributed by atoms with Gasteiger partial charge in [-0.15, -0.1) is 0 Å². The molecule has 2 rings (SSSR count). The largest absolute Gasteiger partial charge is 0.330 e. The summed E-state index contributed by atoms with van der Waals surface area (Å²) in [6, 6.07) is 3.15. The predicted molar refractivity (Wildman–Crippen MR) is 85.4 cm³/mol. The number of hydrogen-bond donors (Lipinski definition) is 2. The van der Waals surface area contributed by atoms with Crippen LogP contribution in [0.1, 0.15) is 13.3 Å². The van der Waals surface area contributed by atoms with Crippen molar-refractivity contribution >= 4 is 25.7 Å². The summed E-state index contributed by atoms with van der Waals surface area (Å²) in [5.74, 6) is -1.04. The molecule has 0 bridgehead atoms. The van der Waals surface area contributed by atoms with Gasteiger partial charge in [-0.25, -0.2) is 21.2 Å². The van der Waals surface area contributed by atoms with Crippen molar-refractivity contribution in [3.05, 3.63) is 24.0 Å². The van der Waals surface area contributed by atoms with Crippen molar-refractivity contribution in [1.82, 2.24) is 4.31 Å². The zero-order valence-electron chi connectivity index (χ0n) is 12.7. The molecule has 1 fully saturated rings. The van der Waals surface area contributed by atoms with Gasteiger partial charge in [-0.3, -0.25) is 4.72 Å². The summed E-state index contributed by atoms with van der Waals surface area (Å²) in [7, 11) is -7.44. The Bertz CT molecular complexity index is 780. The van der Waals surface area contributed by atoms with Gasteiger partial charge >= 0.3 is 0 Å². The van der Waals surface area contributed by atoms with Gasteiger partial charge in [0.1, 0.15) is 5.82 Å². The van der Waals surface area contributed by atoms with Crippen molar-refractivity contribution in [2.45, 2.75) is 18.2 Å². The van der Waals surface area contributed by atoms with Gasteiger partial charge in [-0.05, 0) is 44.0 Å². The van der Waals surface area contributed by atoms with E-state index in [0.717, 1.165) is 12.1 Å². The first-order valence-corrected chi connectivity index (χ1v) is 10.3. The summed E-state index contributed by atoms with van der Waals surface area (Å²) in [5, 5.41) is 0. The lowest BCUT2D eigenvalue weighted by Gasteiger charge is -2.17. The Labute approximate surface area is 135 Å². The number of nitrogens with two attached hydrogens (primary N) is 1. The fourth-order valence-corrected chi connectivity index (χ4v) is 4.52. The molecule has 1 aromatic rings. The van der Waals surface area contributed by atoms with Crippen molar-refractivity contribution in [3.8, 4) is 0 Å². The van der Waals surface area contributed by atoms with Gasteiger partial charge in [0, 0.05) is 13.1 Å². The maximum absolute atomic E-state index is 14.0. The third kappa shape index (κ3) is 4.00. The van der Waals surface area contributed by atoms with E-state index < -0.39 is 25.9 Å². The minimum Gasteiger partial charge on any atom is -0.330 e. The Morgan fingerprint density at radius 1 is 1.35 bits per heavy atom. The average Bonchev–Trinajstić information content (AvgIpc) is 2.99. The Morgan fingerprint density at radius 3 is 2.57 bits per heavy atom. The van der Waals surface area contributed by atoms with E-state index in [9.17, 15) is 21.2 Å². The molecule has 7 nitrogen and oxygen atoms in total. The zero-order valence-corrected chi connectivity index (χ0v) is 14.3. The number of sulfonamides is 2. The Hall–Kier alpha value is -1.23. The van der Waals surface area contributed by atoms with Gasteiger partial charge < -0.3 is 5.73 Å². The van der Waals surface area contributed by atoms with Gasteiger partial charge in [0.15, 0.2) is 0 Å². The molecule has 3 N–H and O–H groups in total. The molecule has 1 unspecified atom stereocenters. The number of nitrogens with one attached hydrogen (secondary N) is 1. The smallest absolute Gasteiger partial charge is 0.243 e. The van der Waals surface area contributed by atoms with Crippen LogP contribution in [0.25, 0.3) is 0 Å². The molecule has 0 radical (unpaired) electrons. The highest BCUT2D eigenvalue weighted by Crippen LogP contribution is 2.26. The Morgan fingerprint density at radius 2 is 2.04 bits per heavy atom. The van der Waals surface area contributed by atoms with Crippen LogP contribution in [0.2, 0.25) is 0 Å². The van der Waals surface area contributed by atoms with Crippen LogP contribution in [-0.2, 0) is 20.0 Å². The van der Waals surface area contributed by atoms with Crippen LogP contribution in [0.5, 0.6) is 0 Å². The lowest BCUT2D eigenvalue weighted by atomic mass is 10.1. The lowest BCUT2D eigenvalue weighted by molar-refractivity contribution is 0.458. The van der Waals surface area contributed by atoms with E-state index >= 15 is 0 Å². The number of nitrogens with zero attached hydrogens (tertiary/aromatic N) is 1. The van der Waals surface area contributed by atoms with Crippen molar-refractivity contribution in [2.24, 2.45) is 11.7 Å². The second kappa shape index (κ2) is 6.71.